The Labute approximate surface area is 231 Å². The highest BCUT2D eigenvalue weighted by Gasteiger charge is 2.29. The molecule has 0 aliphatic heterocycles. The van der Waals surface area contributed by atoms with E-state index in [1.807, 2.05) is 26.2 Å². The van der Waals surface area contributed by atoms with Crippen LogP contribution in [0.2, 0.25) is 0 Å². The molecule has 4 nitrogen and oxygen atoms in total. The Morgan fingerprint density at radius 2 is 1.35 bits per heavy atom. The van der Waals surface area contributed by atoms with Crippen molar-refractivity contribution in [1.82, 2.24) is 10.2 Å². The molecule has 208 valence electrons. The van der Waals surface area contributed by atoms with Gasteiger partial charge in [-0.25, -0.2) is 17.6 Å². The summed E-state index contributed by atoms with van der Waals surface area (Å²) in [5, 5.41) is 2.96. The van der Waals surface area contributed by atoms with Gasteiger partial charge >= 0.3 is 0 Å². The summed E-state index contributed by atoms with van der Waals surface area (Å²) in [5.41, 5.74) is 2.69. The Hall–Kier alpha value is -4.04. The Balaban J connectivity index is 1.57. The van der Waals surface area contributed by atoms with E-state index in [0.29, 0.717) is 5.56 Å². The van der Waals surface area contributed by atoms with Gasteiger partial charge in [-0.1, -0.05) is 24.3 Å². The first-order chi connectivity index (χ1) is 19.1. The van der Waals surface area contributed by atoms with Crippen LogP contribution in [0.4, 0.5) is 17.6 Å². The Bertz CT molecular complexity index is 1390. The van der Waals surface area contributed by atoms with E-state index in [2.05, 4.69) is 10.2 Å². The van der Waals surface area contributed by atoms with Crippen LogP contribution in [0.15, 0.2) is 71.8 Å². The zero-order chi connectivity index (χ0) is 28.8. The summed E-state index contributed by atoms with van der Waals surface area (Å²) < 4.78 is 54.5. The van der Waals surface area contributed by atoms with E-state index in [1.54, 1.807) is 12.1 Å². The monoisotopic (exact) mass is 550 g/mol. The third-order valence-corrected chi connectivity index (χ3v) is 6.71. The van der Waals surface area contributed by atoms with Crippen LogP contribution in [0.25, 0.3) is 12.2 Å². The smallest absolute Gasteiger partial charge is 0.251 e. The molecule has 3 aromatic rings. The predicted octanol–water partition coefficient (Wildman–Crippen LogP) is 6.37. The highest BCUT2D eigenvalue weighted by Crippen LogP contribution is 2.29. The van der Waals surface area contributed by atoms with E-state index in [-0.39, 0.29) is 46.8 Å². The molecule has 1 aliphatic rings. The summed E-state index contributed by atoms with van der Waals surface area (Å²) in [7, 11) is 4.03. The number of hydrogen-bond donors (Lipinski definition) is 1. The molecule has 1 fully saturated rings. The second kappa shape index (κ2) is 12.9. The number of hydrogen-bond acceptors (Lipinski definition) is 3. The molecule has 0 atom stereocenters. The largest absolute Gasteiger partial charge is 0.349 e. The van der Waals surface area contributed by atoms with Crippen molar-refractivity contribution in [2.75, 3.05) is 20.6 Å². The number of nitrogens with one attached hydrogen (secondary N) is 1. The summed E-state index contributed by atoms with van der Waals surface area (Å²) in [6.07, 6.45) is 5.09. The number of benzene rings is 3. The lowest BCUT2D eigenvalue weighted by molar-refractivity contribution is -0.113. The van der Waals surface area contributed by atoms with E-state index >= 15 is 0 Å². The topological polar surface area (TPSA) is 49.4 Å². The van der Waals surface area contributed by atoms with Crippen molar-refractivity contribution in [2.24, 2.45) is 0 Å². The molecule has 0 bridgehead atoms. The number of halogens is 4. The summed E-state index contributed by atoms with van der Waals surface area (Å²) in [6, 6.07) is 13.4. The van der Waals surface area contributed by atoms with Gasteiger partial charge in [-0.2, -0.15) is 0 Å². The van der Waals surface area contributed by atoms with Gasteiger partial charge in [0.05, 0.1) is 0 Å². The number of aryl methyl sites for hydroxylation is 1. The lowest BCUT2D eigenvalue weighted by Crippen LogP contribution is -2.39. The van der Waals surface area contributed by atoms with Gasteiger partial charge in [0.1, 0.15) is 0 Å². The molecule has 4 rings (SSSR count). The number of rotatable bonds is 8. The molecule has 1 saturated carbocycles. The summed E-state index contributed by atoms with van der Waals surface area (Å²) in [5.74, 6) is -4.81. The quantitative estimate of drug-likeness (QED) is 0.262. The maximum atomic E-state index is 13.8. The van der Waals surface area contributed by atoms with Crippen molar-refractivity contribution in [3.05, 3.63) is 117 Å². The molecule has 1 amide bonds. The van der Waals surface area contributed by atoms with E-state index < -0.39 is 29.3 Å². The van der Waals surface area contributed by atoms with Crippen molar-refractivity contribution in [3.63, 3.8) is 0 Å². The average Bonchev–Trinajstić information content (AvgIpc) is 2.91. The molecule has 0 radical (unpaired) electrons. The molecule has 0 saturated heterocycles. The zero-order valence-electron chi connectivity index (χ0n) is 22.3. The first kappa shape index (κ1) is 29.0. The average molecular weight is 551 g/mol. The Morgan fingerprint density at radius 3 is 1.82 bits per heavy atom. The van der Waals surface area contributed by atoms with Gasteiger partial charge in [-0.3, -0.25) is 9.59 Å². The molecule has 3 aromatic carbocycles. The van der Waals surface area contributed by atoms with E-state index in [0.717, 1.165) is 49.2 Å². The number of carbonyl (C=O) groups excluding carboxylic acids is 2. The number of nitrogens with zero attached hydrogens (tertiary/aromatic N) is 1. The van der Waals surface area contributed by atoms with Crippen LogP contribution in [0, 0.1) is 23.3 Å². The van der Waals surface area contributed by atoms with Gasteiger partial charge in [0, 0.05) is 22.8 Å². The van der Waals surface area contributed by atoms with E-state index in [1.165, 1.54) is 24.3 Å². The molecule has 40 heavy (non-hydrogen) atoms. The van der Waals surface area contributed by atoms with Crippen LogP contribution in [-0.2, 0) is 11.2 Å². The minimum Gasteiger partial charge on any atom is -0.349 e. The third kappa shape index (κ3) is 7.54. The molecule has 0 spiro atoms. The molecule has 0 aromatic heterocycles. The van der Waals surface area contributed by atoms with Crippen LogP contribution >= 0.6 is 0 Å². The van der Waals surface area contributed by atoms with Crippen LogP contribution < -0.4 is 5.32 Å². The van der Waals surface area contributed by atoms with Crippen molar-refractivity contribution in [1.29, 1.82) is 0 Å². The number of carbonyl (C=O) groups is 2. The van der Waals surface area contributed by atoms with E-state index in [4.69, 9.17) is 0 Å². The predicted molar refractivity (Wildman–Crippen MR) is 147 cm³/mol. The van der Waals surface area contributed by atoms with Crippen LogP contribution in [0.3, 0.4) is 0 Å². The van der Waals surface area contributed by atoms with Gasteiger partial charge in [0.25, 0.3) is 5.91 Å². The lowest BCUT2D eigenvalue weighted by Gasteiger charge is -2.27. The molecular weight excluding hydrogens is 520 g/mol. The van der Waals surface area contributed by atoms with Crippen molar-refractivity contribution in [2.45, 2.75) is 31.7 Å². The number of Topliss-reactive ketones (excluding diaryl/α,β-unsaturated/α-hetero) is 1. The zero-order valence-corrected chi connectivity index (χ0v) is 22.3. The Kier molecular flexibility index (Phi) is 9.32. The van der Waals surface area contributed by atoms with Gasteiger partial charge in [0.15, 0.2) is 29.1 Å². The molecule has 8 heteroatoms. The number of ketones is 1. The van der Waals surface area contributed by atoms with Gasteiger partial charge < -0.3 is 10.2 Å². The molecule has 0 unspecified atom stereocenters. The fourth-order valence-corrected chi connectivity index (χ4v) is 4.64. The first-order valence-corrected chi connectivity index (χ1v) is 13.0. The SMILES string of the molecule is CN(C)CCCc1ccc(C(=O)NC2C/C(=C\c3ccc(F)c(F)c3)C(=O)/C(=C/c3ccc(F)c(F)c3)C2)cc1. The van der Waals surface area contributed by atoms with Crippen molar-refractivity contribution < 1.29 is 27.2 Å². The van der Waals surface area contributed by atoms with Crippen LogP contribution in [0.5, 0.6) is 0 Å². The lowest BCUT2D eigenvalue weighted by atomic mass is 9.83. The fraction of sp³-hybridized carbons (Fsp3) is 0.250. The standard InChI is InChI=1S/C32H30F4N2O2/c1-38(2)13-3-4-20-5-9-23(10-6-20)32(40)37-26-18-24(14-21-7-11-27(33)29(35)16-21)31(39)25(19-26)15-22-8-12-28(34)30(36)17-22/h5-12,14-17,26H,3-4,13,18-19H2,1-2H3,(H,37,40)/b24-14+,25-15+. The molecule has 1 aliphatic carbocycles. The number of amides is 1. The van der Waals surface area contributed by atoms with Gasteiger partial charge in [-0.05, 0) is 112 Å². The van der Waals surface area contributed by atoms with Crippen LogP contribution in [0.1, 0.15) is 46.3 Å². The van der Waals surface area contributed by atoms with Crippen molar-refractivity contribution in [3.8, 4) is 0 Å². The maximum Gasteiger partial charge on any atom is 0.251 e. The molecule has 1 N–H and O–H groups in total. The molecule has 0 heterocycles. The summed E-state index contributed by atoms with van der Waals surface area (Å²) in [6.45, 7) is 0.962. The van der Waals surface area contributed by atoms with Crippen molar-refractivity contribution >= 4 is 23.8 Å². The highest BCUT2D eigenvalue weighted by molar-refractivity contribution is 6.14. The minimum atomic E-state index is -1.05. The third-order valence-electron chi connectivity index (χ3n) is 6.71. The van der Waals surface area contributed by atoms with Gasteiger partial charge in [0.2, 0.25) is 0 Å². The first-order valence-electron chi connectivity index (χ1n) is 13.0. The maximum absolute atomic E-state index is 13.8. The van der Waals surface area contributed by atoms with Crippen LogP contribution in [-0.4, -0.2) is 43.3 Å². The Morgan fingerprint density at radius 1 is 0.825 bits per heavy atom. The molecular formula is C32H30F4N2O2. The normalized spacial score (nSPS) is 17.6. The minimum absolute atomic E-state index is 0.154. The van der Waals surface area contributed by atoms with E-state index in [9.17, 15) is 27.2 Å². The van der Waals surface area contributed by atoms with Gasteiger partial charge in [-0.15, -0.1) is 0 Å². The summed E-state index contributed by atoms with van der Waals surface area (Å²) in [4.78, 5) is 28.5. The second-order valence-electron chi connectivity index (χ2n) is 10.2. The fourth-order valence-electron chi connectivity index (χ4n) is 4.64. The summed E-state index contributed by atoms with van der Waals surface area (Å²) >= 11 is 0. The highest BCUT2D eigenvalue weighted by atomic mass is 19.2. The second-order valence-corrected chi connectivity index (χ2v) is 10.2.